The lowest BCUT2D eigenvalue weighted by molar-refractivity contribution is -0.134. The molecule has 1 heterocycles. The van der Waals surface area contributed by atoms with Gasteiger partial charge in [0, 0.05) is 12.2 Å². The second-order valence-electron chi connectivity index (χ2n) is 4.41. The lowest BCUT2D eigenvalue weighted by Gasteiger charge is -2.10. The van der Waals surface area contributed by atoms with Gasteiger partial charge in [-0.2, -0.15) is 0 Å². The molecule has 1 aliphatic rings. The van der Waals surface area contributed by atoms with Gasteiger partial charge in [-0.25, -0.2) is 19.2 Å². The number of carbonyl (C=O) groups excluding carboxylic acids is 2. The van der Waals surface area contributed by atoms with Crippen molar-refractivity contribution in [2.75, 3.05) is 6.61 Å². The summed E-state index contributed by atoms with van der Waals surface area (Å²) in [6.07, 6.45) is 0.695. The molecule has 2 rings (SSSR count). The monoisotopic (exact) mass is 322 g/mol. The van der Waals surface area contributed by atoms with Gasteiger partial charge in [-0.15, -0.1) is 0 Å². The zero-order chi connectivity index (χ0) is 17.4. The summed E-state index contributed by atoms with van der Waals surface area (Å²) in [5.41, 5.74) is 0.747. The number of benzene rings is 1. The van der Waals surface area contributed by atoms with Crippen LogP contribution in [-0.2, 0) is 19.1 Å². The van der Waals surface area contributed by atoms with Gasteiger partial charge < -0.3 is 19.7 Å². The van der Waals surface area contributed by atoms with Crippen LogP contribution in [0, 0.1) is 0 Å². The zero-order valence-electron chi connectivity index (χ0n) is 12.1. The molecule has 8 nitrogen and oxygen atoms in total. The first-order chi connectivity index (χ1) is 10.8. The molecule has 0 fully saturated rings. The first-order valence-electron chi connectivity index (χ1n) is 6.41. The van der Waals surface area contributed by atoms with E-state index in [1.54, 1.807) is 25.1 Å². The molecule has 0 saturated carbocycles. The maximum Gasteiger partial charge on any atom is 0.338 e. The van der Waals surface area contributed by atoms with Gasteiger partial charge in [-0.05, 0) is 25.1 Å². The molecule has 8 heteroatoms. The summed E-state index contributed by atoms with van der Waals surface area (Å²) in [5, 5.41) is 15.6. The Morgan fingerprint density at radius 3 is 2.13 bits per heavy atom. The quantitative estimate of drug-likeness (QED) is 0.612. The van der Waals surface area contributed by atoms with Crippen molar-refractivity contribution in [3.8, 4) is 0 Å². The summed E-state index contributed by atoms with van der Waals surface area (Å²) in [4.78, 5) is 42.1. The molecule has 0 radical (unpaired) electrons. The number of rotatable bonds is 2. The van der Waals surface area contributed by atoms with Gasteiger partial charge in [-0.3, -0.25) is 0 Å². The fourth-order valence-electron chi connectivity index (χ4n) is 1.48. The fourth-order valence-corrected chi connectivity index (χ4v) is 1.48. The lowest BCUT2D eigenvalue weighted by atomic mass is 10.1. The summed E-state index contributed by atoms with van der Waals surface area (Å²) >= 11 is 0. The minimum absolute atomic E-state index is 0.0863. The van der Waals surface area contributed by atoms with Gasteiger partial charge in [0.1, 0.15) is 12.7 Å². The molecule has 0 saturated heterocycles. The minimum Gasteiger partial charge on any atom is -0.478 e. The number of hydrogen-bond acceptors (Lipinski definition) is 6. The van der Waals surface area contributed by atoms with E-state index < -0.39 is 30.0 Å². The van der Waals surface area contributed by atoms with E-state index in [0.717, 1.165) is 0 Å². The van der Waals surface area contributed by atoms with Gasteiger partial charge >= 0.3 is 23.9 Å². The number of carboxylic acid groups (broad SMARTS) is 2. The highest BCUT2D eigenvalue weighted by Gasteiger charge is 2.19. The van der Waals surface area contributed by atoms with E-state index in [1.807, 2.05) is 0 Å². The highest BCUT2D eigenvalue weighted by molar-refractivity contribution is 5.95. The Morgan fingerprint density at radius 1 is 1.09 bits per heavy atom. The van der Waals surface area contributed by atoms with Gasteiger partial charge in [0.25, 0.3) is 0 Å². The summed E-state index contributed by atoms with van der Waals surface area (Å²) in [7, 11) is 0. The molecule has 0 aliphatic carbocycles. The maximum atomic E-state index is 11.5. The average molecular weight is 322 g/mol. The normalized spacial score (nSPS) is 16.8. The SMILES string of the molecule is CC1COC(=O)c2cccc(c2)C(=O)O1.O=C(O)/C=C/C(=O)O. The van der Waals surface area contributed by atoms with Crippen LogP contribution in [0.5, 0.6) is 0 Å². The summed E-state index contributed by atoms with van der Waals surface area (Å²) in [6.45, 7) is 1.77. The van der Waals surface area contributed by atoms with Crippen molar-refractivity contribution in [2.45, 2.75) is 13.0 Å². The van der Waals surface area contributed by atoms with Crippen LogP contribution in [0.25, 0.3) is 0 Å². The molecular formula is C15H14O8. The predicted molar refractivity (Wildman–Crippen MR) is 76.0 cm³/mol. The summed E-state index contributed by atoms with van der Waals surface area (Å²) < 4.78 is 9.99. The Kier molecular flexibility index (Phi) is 6.47. The number of carbonyl (C=O) groups is 4. The molecule has 1 aromatic carbocycles. The van der Waals surface area contributed by atoms with Gasteiger partial charge in [0.05, 0.1) is 11.1 Å². The lowest BCUT2D eigenvalue weighted by Crippen LogP contribution is -2.20. The summed E-state index contributed by atoms with van der Waals surface area (Å²) in [6, 6.07) is 6.32. The van der Waals surface area contributed by atoms with E-state index in [0.29, 0.717) is 23.3 Å². The van der Waals surface area contributed by atoms with Crippen molar-refractivity contribution in [3.05, 3.63) is 47.5 Å². The fraction of sp³-hybridized carbons (Fsp3) is 0.200. The molecule has 1 aromatic rings. The number of carboxylic acids is 2. The van der Waals surface area contributed by atoms with E-state index in [9.17, 15) is 19.2 Å². The van der Waals surface area contributed by atoms with Gasteiger partial charge in [-0.1, -0.05) is 6.07 Å². The van der Waals surface area contributed by atoms with Crippen LogP contribution in [0.3, 0.4) is 0 Å². The second-order valence-corrected chi connectivity index (χ2v) is 4.41. The third-order valence-electron chi connectivity index (χ3n) is 2.46. The van der Waals surface area contributed by atoms with E-state index in [-0.39, 0.29) is 6.61 Å². The highest BCUT2D eigenvalue weighted by atomic mass is 16.6. The molecule has 1 aliphatic heterocycles. The molecule has 0 spiro atoms. The highest BCUT2D eigenvalue weighted by Crippen LogP contribution is 2.12. The van der Waals surface area contributed by atoms with Crippen LogP contribution >= 0.6 is 0 Å². The molecule has 23 heavy (non-hydrogen) atoms. The maximum absolute atomic E-state index is 11.5. The Morgan fingerprint density at radius 2 is 1.61 bits per heavy atom. The number of aliphatic carboxylic acids is 2. The van der Waals surface area contributed by atoms with Gasteiger partial charge in [0.15, 0.2) is 0 Å². The number of fused-ring (bicyclic) bond motifs is 2. The van der Waals surface area contributed by atoms with Crippen LogP contribution in [0.4, 0.5) is 0 Å². The zero-order valence-corrected chi connectivity index (χ0v) is 12.1. The van der Waals surface area contributed by atoms with Crippen LogP contribution in [0.15, 0.2) is 36.4 Å². The van der Waals surface area contributed by atoms with E-state index in [4.69, 9.17) is 19.7 Å². The number of ether oxygens (including phenoxy) is 2. The topological polar surface area (TPSA) is 127 Å². The van der Waals surface area contributed by atoms with Crippen molar-refractivity contribution in [1.29, 1.82) is 0 Å². The molecule has 1 unspecified atom stereocenters. The molecular weight excluding hydrogens is 308 g/mol. The van der Waals surface area contributed by atoms with Crippen LogP contribution in [0.1, 0.15) is 27.6 Å². The van der Waals surface area contributed by atoms with Crippen LogP contribution < -0.4 is 0 Å². The standard InChI is InChI=1S/C11H10O4.C4H4O4/c1-7-6-14-10(12)8-3-2-4-9(5-8)11(13)15-7;5-3(6)1-2-4(7)8/h2-5,7H,6H2,1H3;1-2H,(H,5,6)(H,7,8)/b;2-1+. The number of esters is 2. The van der Waals surface area contributed by atoms with Crippen molar-refractivity contribution >= 4 is 23.9 Å². The number of cyclic esters (lactones) is 2. The van der Waals surface area contributed by atoms with Crippen LogP contribution in [0.2, 0.25) is 0 Å². The Hall–Kier alpha value is -3.16. The summed E-state index contributed by atoms with van der Waals surface area (Å²) in [5.74, 6) is -3.37. The van der Waals surface area contributed by atoms with E-state index in [2.05, 4.69) is 0 Å². The van der Waals surface area contributed by atoms with Crippen molar-refractivity contribution in [1.82, 2.24) is 0 Å². The molecule has 122 valence electrons. The Bertz CT molecular complexity index is 631. The third-order valence-corrected chi connectivity index (χ3v) is 2.46. The van der Waals surface area contributed by atoms with Crippen molar-refractivity contribution < 1.29 is 38.9 Å². The molecule has 2 bridgehead atoms. The second kappa shape index (κ2) is 8.32. The largest absolute Gasteiger partial charge is 0.478 e. The van der Waals surface area contributed by atoms with E-state index >= 15 is 0 Å². The molecule has 0 aromatic heterocycles. The van der Waals surface area contributed by atoms with Gasteiger partial charge in [0.2, 0.25) is 0 Å². The first-order valence-corrected chi connectivity index (χ1v) is 6.41. The van der Waals surface area contributed by atoms with Crippen molar-refractivity contribution in [2.24, 2.45) is 0 Å². The molecule has 2 N–H and O–H groups in total. The predicted octanol–water partition coefficient (Wildman–Crippen LogP) is 1.11. The smallest absolute Gasteiger partial charge is 0.338 e. The Labute approximate surface area is 130 Å². The van der Waals surface area contributed by atoms with Crippen LogP contribution in [-0.4, -0.2) is 46.8 Å². The Balaban J connectivity index is 0.000000284. The molecule has 0 amide bonds. The minimum atomic E-state index is -1.26. The first kappa shape index (κ1) is 17.9. The average Bonchev–Trinajstić information content (AvgIpc) is 2.53. The third kappa shape index (κ3) is 6.42. The van der Waals surface area contributed by atoms with E-state index in [1.165, 1.54) is 6.07 Å². The molecule has 1 atom stereocenters. The number of hydrogen-bond donors (Lipinski definition) is 2. The van der Waals surface area contributed by atoms with Crippen molar-refractivity contribution in [3.63, 3.8) is 0 Å².